The van der Waals surface area contributed by atoms with Gasteiger partial charge in [-0.2, -0.15) is 0 Å². The highest BCUT2D eigenvalue weighted by atomic mass is 35.5. The zero-order chi connectivity index (χ0) is 23.5. The number of aliphatic hydroxyl groups excluding tert-OH is 1. The molecule has 6 heteroatoms. The molecule has 0 aromatic heterocycles. The van der Waals surface area contributed by atoms with Crippen molar-refractivity contribution in [3.8, 4) is 0 Å². The van der Waals surface area contributed by atoms with Crippen LogP contribution in [0.5, 0.6) is 0 Å². The standard InChI is InChI=1S/C26H37ClO5/c1-6-31-23(32-7-2)22(30)21-15(3)12-19-18-9-8-16-13-17(28)10-11-25(16,5)26(18,27)20(29)14-24(19,21)4/h10-11,13,15,18-21,23,29H,6-9,12,14H2,1-5H3/t15-,18-,19-,20-,21?,24-,25-,26-/m0/s1. The predicted molar refractivity (Wildman–Crippen MR) is 123 cm³/mol. The molecule has 4 aliphatic carbocycles. The van der Waals surface area contributed by atoms with Crippen LogP contribution in [0.2, 0.25) is 0 Å². The van der Waals surface area contributed by atoms with E-state index in [-0.39, 0.29) is 40.7 Å². The Balaban J connectivity index is 1.72. The van der Waals surface area contributed by atoms with E-state index in [0.717, 1.165) is 24.8 Å². The maximum Gasteiger partial charge on any atom is 0.218 e. The second-order valence-electron chi connectivity index (χ2n) is 10.7. The number of alkyl halides is 1. The Morgan fingerprint density at radius 2 is 1.91 bits per heavy atom. The summed E-state index contributed by atoms with van der Waals surface area (Å²) in [6.07, 6.45) is 6.51. The lowest BCUT2D eigenvalue weighted by molar-refractivity contribution is -0.180. The number of ketones is 2. The molecular formula is C26H37ClO5. The van der Waals surface area contributed by atoms with Crippen molar-refractivity contribution in [3.05, 3.63) is 23.8 Å². The van der Waals surface area contributed by atoms with E-state index in [1.165, 1.54) is 0 Å². The number of rotatable bonds is 6. The number of carbonyl (C=O) groups excluding carboxylic acids is 2. The fourth-order valence-corrected chi connectivity index (χ4v) is 8.37. The third-order valence-electron chi connectivity index (χ3n) is 9.16. The second kappa shape index (κ2) is 8.33. The summed E-state index contributed by atoms with van der Waals surface area (Å²) < 4.78 is 11.3. The van der Waals surface area contributed by atoms with E-state index in [2.05, 4.69) is 20.8 Å². The van der Waals surface area contributed by atoms with Gasteiger partial charge in [0.15, 0.2) is 11.6 Å². The molecule has 0 amide bonds. The Morgan fingerprint density at radius 3 is 2.53 bits per heavy atom. The predicted octanol–water partition coefficient (Wildman–Crippen LogP) is 4.46. The molecule has 4 aliphatic rings. The SMILES string of the molecule is CCOC(OCC)C(=O)C1[C@@H](C)C[C@H]2[C@@H]3CCC4=CC(=O)C=C[C@]4(C)[C@@]3(Cl)[C@@H](O)C[C@]12C. The van der Waals surface area contributed by atoms with Gasteiger partial charge in [0.1, 0.15) is 0 Å². The average Bonchev–Trinajstić information content (AvgIpc) is 2.99. The van der Waals surface area contributed by atoms with Crippen molar-refractivity contribution in [2.75, 3.05) is 13.2 Å². The summed E-state index contributed by atoms with van der Waals surface area (Å²) >= 11 is 7.47. The fourth-order valence-electron chi connectivity index (χ4n) is 7.85. The van der Waals surface area contributed by atoms with Gasteiger partial charge in [0.05, 0.1) is 11.0 Å². The molecule has 1 unspecified atom stereocenters. The van der Waals surface area contributed by atoms with Crippen molar-refractivity contribution >= 4 is 23.2 Å². The van der Waals surface area contributed by atoms with Crippen LogP contribution < -0.4 is 0 Å². The van der Waals surface area contributed by atoms with Crippen LogP contribution in [0.25, 0.3) is 0 Å². The lowest BCUT2D eigenvalue weighted by atomic mass is 9.46. The first-order valence-electron chi connectivity index (χ1n) is 12.1. The number of hydrogen-bond acceptors (Lipinski definition) is 5. The van der Waals surface area contributed by atoms with E-state index in [4.69, 9.17) is 21.1 Å². The van der Waals surface area contributed by atoms with Crippen molar-refractivity contribution in [3.63, 3.8) is 0 Å². The smallest absolute Gasteiger partial charge is 0.218 e. The van der Waals surface area contributed by atoms with Crippen LogP contribution in [0.4, 0.5) is 0 Å². The largest absolute Gasteiger partial charge is 0.391 e. The van der Waals surface area contributed by atoms with Crippen molar-refractivity contribution in [2.45, 2.75) is 77.6 Å². The van der Waals surface area contributed by atoms with E-state index in [1.807, 2.05) is 19.9 Å². The normalized spacial score (nSPS) is 45.3. The molecule has 0 radical (unpaired) electrons. The van der Waals surface area contributed by atoms with Crippen molar-refractivity contribution in [1.29, 1.82) is 0 Å². The molecule has 3 saturated carbocycles. The third kappa shape index (κ3) is 3.22. The van der Waals surface area contributed by atoms with Gasteiger partial charge in [-0.05, 0) is 74.9 Å². The Labute approximate surface area is 196 Å². The molecule has 0 heterocycles. The number of fused-ring (bicyclic) bond motifs is 5. The summed E-state index contributed by atoms with van der Waals surface area (Å²) in [5, 5.41) is 11.6. The zero-order valence-electron chi connectivity index (χ0n) is 19.9. The highest BCUT2D eigenvalue weighted by Crippen LogP contribution is 2.70. The minimum atomic E-state index is -0.893. The fraction of sp³-hybridized carbons (Fsp3) is 0.769. The van der Waals surface area contributed by atoms with Crippen LogP contribution in [0, 0.1) is 34.5 Å². The molecular weight excluding hydrogens is 428 g/mol. The van der Waals surface area contributed by atoms with Crippen LogP contribution in [-0.4, -0.2) is 47.2 Å². The van der Waals surface area contributed by atoms with Gasteiger partial charge in [0, 0.05) is 24.5 Å². The molecule has 178 valence electrons. The Hall–Kier alpha value is -1.01. The lowest BCUT2D eigenvalue weighted by Gasteiger charge is -2.63. The molecule has 5 nitrogen and oxygen atoms in total. The molecule has 32 heavy (non-hydrogen) atoms. The highest BCUT2D eigenvalue weighted by molar-refractivity contribution is 6.26. The van der Waals surface area contributed by atoms with E-state index in [9.17, 15) is 14.7 Å². The first-order valence-corrected chi connectivity index (χ1v) is 12.5. The van der Waals surface area contributed by atoms with E-state index in [1.54, 1.807) is 12.2 Å². The van der Waals surface area contributed by atoms with Gasteiger partial charge in [0.25, 0.3) is 0 Å². The van der Waals surface area contributed by atoms with Gasteiger partial charge in [-0.15, -0.1) is 11.6 Å². The highest BCUT2D eigenvalue weighted by Gasteiger charge is 2.70. The summed E-state index contributed by atoms with van der Waals surface area (Å²) in [5.74, 6) is 0.145. The average molecular weight is 465 g/mol. The maximum absolute atomic E-state index is 13.6. The molecule has 8 atom stereocenters. The van der Waals surface area contributed by atoms with Gasteiger partial charge >= 0.3 is 0 Å². The minimum absolute atomic E-state index is 0.00811. The molecule has 0 aliphatic heterocycles. The molecule has 0 saturated heterocycles. The number of allylic oxidation sites excluding steroid dienone is 4. The molecule has 1 N–H and O–H groups in total. The molecule has 4 rings (SSSR count). The van der Waals surface area contributed by atoms with Gasteiger partial charge in [0.2, 0.25) is 6.29 Å². The van der Waals surface area contributed by atoms with Crippen molar-refractivity contribution in [1.82, 2.24) is 0 Å². The van der Waals surface area contributed by atoms with Crippen LogP contribution >= 0.6 is 11.6 Å². The maximum atomic E-state index is 13.6. The van der Waals surface area contributed by atoms with E-state index >= 15 is 0 Å². The Morgan fingerprint density at radius 1 is 1.25 bits per heavy atom. The number of aliphatic hydroxyl groups is 1. The number of halogens is 1. The first-order chi connectivity index (χ1) is 15.0. The summed E-state index contributed by atoms with van der Waals surface area (Å²) in [6.45, 7) is 10.9. The number of hydrogen-bond donors (Lipinski definition) is 1. The van der Waals surface area contributed by atoms with E-state index in [0.29, 0.717) is 19.6 Å². The molecule has 3 fully saturated rings. The van der Waals surface area contributed by atoms with Crippen molar-refractivity contribution < 1.29 is 24.2 Å². The molecule has 0 aromatic rings. The van der Waals surface area contributed by atoms with E-state index < -0.39 is 22.7 Å². The van der Waals surface area contributed by atoms with Gasteiger partial charge in [-0.3, -0.25) is 9.59 Å². The van der Waals surface area contributed by atoms with Crippen LogP contribution in [-0.2, 0) is 19.1 Å². The topological polar surface area (TPSA) is 72.8 Å². The Kier molecular flexibility index (Phi) is 6.28. The zero-order valence-corrected chi connectivity index (χ0v) is 20.7. The third-order valence-corrected chi connectivity index (χ3v) is 10.1. The summed E-state index contributed by atoms with van der Waals surface area (Å²) in [6, 6.07) is 0. The Bertz CT molecular complexity index is 845. The summed E-state index contributed by atoms with van der Waals surface area (Å²) in [4.78, 5) is 24.8. The molecule has 0 aromatic carbocycles. The minimum Gasteiger partial charge on any atom is -0.391 e. The van der Waals surface area contributed by atoms with Crippen LogP contribution in [0.15, 0.2) is 23.8 Å². The molecule has 0 bridgehead atoms. The second-order valence-corrected chi connectivity index (χ2v) is 11.3. The number of carbonyl (C=O) groups is 2. The van der Waals surface area contributed by atoms with Crippen molar-refractivity contribution in [2.24, 2.45) is 34.5 Å². The summed E-state index contributed by atoms with van der Waals surface area (Å²) in [5.41, 5.74) is 0.0683. The lowest BCUT2D eigenvalue weighted by Crippen LogP contribution is -2.66. The number of Topliss-reactive ketones (excluding diaryl/α,β-unsaturated/α-hetero) is 1. The van der Waals surface area contributed by atoms with Crippen LogP contribution in [0.3, 0.4) is 0 Å². The first kappa shape index (κ1) is 24.1. The summed E-state index contributed by atoms with van der Waals surface area (Å²) in [7, 11) is 0. The molecule has 0 spiro atoms. The van der Waals surface area contributed by atoms with Gasteiger partial charge in [-0.1, -0.05) is 32.4 Å². The van der Waals surface area contributed by atoms with Crippen LogP contribution in [0.1, 0.15) is 60.3 Å². The van der Waals surface area contributed by atoms with Gasteiger partial charge < -0.3 is 14.6 Å². The monoisotopic (exact) mass is 464 g/mol. The number of ether oxygens (including phenoxy) is 2. The van der Waals surface area contributed by atoms with Gasteiger partial charge in [-0.25, -0.2) is 0 Å². The quantitative estimate of drug-likeness (QED) is 0.464.